The third-order valence-corrected chi connectivity index (χ3v) is 6.83. The van der Waals surface area contributed by atoms with Crippen LogP contribution < -0.4 is 5.32 Å². The van der Waals surface area contributed by atoms with Gasteiger partial charge in [-0.1, -0.05) is 68.8 Å². The lowest BCUT2D eigenvalue weighted by Crippen LogP contribution is -2.46. The normalized spacial score (nSPS) is 23.8. The molecule has 1 saturated carbocycles. The second-order valence-corrected chi connectivity index (χ2v) is 8.87. The number of carbonyl (C=O) groups excluding carboxylic acids is 1. The van der Waals surface area contributed by atoms with Gasteiger partial charge in [0, 0.05) is 18.2 Å². The number of benzene rings is 1. The lowest BCUT2D eigenvalue weighted by molar-refractivity contribution is -0.121. The van der Waals surface area contributed by atoms with Gasteiger partial charge in [-0.2, -0.15) is 0 Å². The number of hydrogen-bond acceptors (Lipinski definition) is 4. The molecule has 1 fully saturated rings. The van der Waals surface area contributed by atoms with E-state index in [1.807, 2.05) is 37.3 Å². The third-order valence-electron chi connectivity index (χ3n) is 5.75. The summed E-state index contributed by atoms with van der Waals surface area (Å²) in [5.74, 6) is 2.15. The Morgan fingerprint density at radius 1 is 1.26 bits per heavy atom. The van der Waals surface area contributed by atoms with E-state index in [4.69, 9.17) is 0 Å². The van der Waals surface area contributed by atoms with Gasteiger partial charge in [0.05, 0.1) is 5.25 Å². The largest absolute Gasteiger partial charge is 0.352 e. The van der Waals surface area contributed by atoms with Crippen LogP contribution in [0.3, 0.4) is 0 Å². The molecule has 1 aliphatic rings. The molecule has 1 aromatic carbocycles. The van der Waals surface area contributed by atoms with Gasteiger partial charge in [-0.25, -0.2) is 0 Å². The van der Waals surface area contributed by atoms with Crippen LogP contribution in [0.5, 0.6) is 0 Å². The zero-order chi connectivity index (χ0) is 19.4. The summed E-state index contributed by atoms with van der Waals surface area (Å²) in [7, 11) is 0. The van der Waals surface area contributed by atoms with Crippen LogP contribution in [0.2, 0.25) is 0 Å². The minimum absolute atomic E-state index is 0.0952. The van der Waals surface area contributed by atoms with Crippen molar-refractivity contribution in [2.75, 3.05) is 0 Å². The van der Waals surface area contributed by atoms with Gasteiger partial charge >= 0.3 is 0 Å². The molecule has 3 rings (SSSR count). The monoisotopic (exact) mass is 386 g/mol. The number of amides is 1. The Kier molecular flexibility index (Phi) is 6.58. The van der Waals surface area contributed by atoms with E-state index in [0.29, 0.717) is 11.8 Å². The fourth-order valence-corrected chi connectivity index (χ4v) is 4.68. The Labute approximate surface area is 166 Å². The van der Waals surface area contributed by atoms with Crippen molar-refractivity contribution < 1.29 is 4.79 Å². The summed E-state index contributed by atoms with van der Waals surface area (Å²) in [4.78, 5) is 12.8. The number of nitrogens with zero attached hydrogens (tertiary/aromatic N) is 3. The van der Waals surface area contributed by atoms with Gasteiger partial charge in [-0.3, -0.25) is 4.79 Å². The van der Waals surface area contributed by atoms with Crippen molar-refractivity contribution in [1.82, 2.24) is 20.1 Å². The molecule has 0 radical (unpaired) electrons. The van der Waals surface area contributed by atoms with Crippen molar-refractivity contribution >= 4 is 17.7 Å². The molecule has 5 nitrogen and oxygen atoms in total. The van der Waals surface area contributed by atoms with Crippen molar-refractivity contribution in [3.8, 4) is 11.4 Å². The number of thioether (sulfide) groups is 1. The molecule has 0 bridgehead atoms. The van der Waals surface area contributed by atoms with Gasteiger partial charge in [0.15, 0.2) is 11.0 Å². The van der Waals surface area contributed by atoms with E-state index in [2.05, 4.69) is 40.9 Å². The molecule has 1 heterocycles. The van der Waals surface area contributed by atoms with Gasteiger partial charge in [-0.05, 0) is 32.1 Å². The Bertz CT molecular complexity index is 761. The predicted molar refractivity (Wildman–Crippen MR) is 111 cm³/mol. The summed E-state index contributed by atoms with van der Waals surface area (Å²) in [5.41, 5.74) is 1.04. The SMILES string of the molecule is CCn1c(S[C@H](C)C(=O)N[C@H]2CCC[C@H](C)[C@@H]2C)nnc1-c1ccccc1. The average Bonchev–Trinajstić information content (AvgIpc) is 3.08. The molecule has 0 unspecified atom stereocenters. The van der Waals surface area contributed by atoms with E-state index in [-0.39, 0.29) is 17.2 Å². The highest BCUT2D eigenvalue weighted by molar-refractivity contribution is 8.00. The zero-order valence-electron chi connectivity index (χ0n) is 16.7. The standard InChI is InChI=1S/C21H30N4OS/c1-5-25-19(17-11-7-6-8-12-17)23-24-21(25)27-16(4)20(26)22-18-13-9-10-14(2)15(18)3/h6-8,11-12,14-16,18H,5,9-10,13H2,1-4H3,(H,22,26)/t14-,15-,16+,18-/m0/s1. The summed E-state index contributed by atoms with van der Waals surface area (Å²) in [6.07, 6.45) is 3.54. The van der Waals surface area contributed by atoms with Gasteiger partial charge in [0.2, 0.25) is 5.91 Å². The molecule has 1 aromatic heterocycles. The fraction of sp³-hybridized carbons (Fsp3) is 0.571. The van der Waals surface area contributed by atoms with Crippen molar-refractivity contribution in [2.24, 2.45) is 11.8 Å². The molecule has 2 aromatic rings. The number of hydrogen-bond donors (Lipinski definition) is 1. The lowest BCUT2D eigenvalue weighted by Gasteiger charge is -2.35. The molecule has 27 heavy (non-hydrogen) atoms. The van der Waals surface area contributed by atoms with E-state index in [0.717, 1.165) is 29.5 Å². The molecule has 0 saturated heterocycles. The van der Waals surface area contributed by atoms with E-state index in [1.54, 1.807) is 0 Å². The molecule has 146 valence electrons. The second kappa shape index (κ2) is 8.91. The number of aromatic nitrogens is 3. The molecule has 0 spiro atoms. The maximum Gasteiger partial charge on any atom is 0.233 e. The van der Waals surface area contributed by atoms with Crippen LogP contribution >= 0.6 is 11.8 Å². The summed E-state index contributed by atoms with van der Waals surface area (Å²) < 4.78 is 2.08. The Hall–Kier alpha value is -1.82. The van der Waals surface area contributed by atoms with E-state index >= 15 is 0 Å². The van der Waals surface area contributed by atoms with Crippen LogP contribution in [0.15, 0.2) is 35.5 Å². The van der Waals surface area contributed by atoms with Crippen LogP contribution in [0.25, 0.3) is 11.4 Å². The van der Waals surface area contributed by atoms with Crippen LogP contribution in [-0.4, -0.2) is 32.0 Å². The van der Waals surface area contributed by atoms with Crippen LogP contribution in [0, 0.1) is 11.8 Å². The topological polar surface area (TPSA) is 59.8 Å². The Morgan fingerprint density at radius 2 is 2.00 bits per heavy atom. The van der Waals surface area contributed by atoms with Crippen molar-refractivity contribution in [2.45, 2.75) is 70.0 Å². The molecule has 1 N–H and O–H groups in total. The molecule has 1 amide bonds. The van der Waals surface area contributed by atoms with Crippen LogP contribution in [0.1, 0.15) is 47.0 Å². The van der Waals surface area contributed by atoms with Gasteiger partial charge in [0.25, 0.3) is 0 Å². The molecular formula is C21H30N4OS. The smallest absolute Gasteiger partial charge is 0.233 e. The van der Waals surface area contributed by atoms with Crippen molar-refractivity contribution in [3.63, 3.8) is 0 Å². The molecule has 4 atom stereocenters. The first-order chi connectivity index (χ1) is 13.0. The second-order valence-electron chi connectivity index (χ2n) is 7.56. The van der Waals surface area contributed by atoms with E-state index in [1.165, 1.54) is 24.6 Å². The Balaban J connectivity index is 1.68. The zero-order valence-corrected chi connectivity index (χ0v) is 17.5. The van der Waals surface area contributed by atoms with E-state index < -0.39 is 0 Å². The summed E-state index contributed by atoms with van der Waals surface area (Å²) in [5, 5.41) is 12.6. The summed E-state index contributed by atoms with van der Waals surface area (Å²) in [6, 6.07) is 10.3. The molecule has 6 heteroatoms. The van der Waals surface area contributed by atoms with Crippen molar-refractivity contribution in [3.05, 3.63) is 30.3 Å². The van der Waals surface area contributed by atoms with Gasteiger partial charge in [-0.15, -0.1) is 10.2 Å². The maximum absolute atomic E-state index is 12.8. The minimum Gasteiger partial charge on any atom is -0.352 e. The molecule has 0 aliphatic heterocycles. The number of nitrogens with one attached hydrogen (secondary N) is 1. The number of rotatable bonds is 6. The highest BCUT2D eigenvalue weighted by Gasteiger charge is 2.30. The lowest BCUT2D eigenvalue weighted by atomic mass is 9.78. The predicted octanol–water partition coefficient (Wildman–Crippen LogP) is 4.39. The minimum atomic E-state index is -0.201. The first kappa shape index (κ1) is 19.9. The first-order valence-electron chi connectivity index (χ1n) is 9.96. The fourth-order valence-electron chi connectivity index (χ4n) is 3.76. The van der Waals surface area contributed by atoms with Crippen molar-refractivity contribution in [1.29, 1.82) is 0 Å². The quantitative estimate of drug-likeness (QED) is 0.748. The summed E-state index contributed by atoms with van der Waals surface area (Å²) >= 11 is 1.49. The van der Waals surface area contributed by atoms with Crippen LogP contribution in [0.4, 0.5) is 0 Å². The summed E-state index contributed by atoms with van der Waals surface area (Å²) in [6.45, 7) is 9.34. The van der Waals surface area contributed by atoms with Gasteiger partial charge < -0.3 is 9.88 Å². The average molecular weight is 387 g/mol. The highest BCUT2D eigenvalue weighted by atomic mass is 32.2. The molecular weight excluding hydrogens is 356 g/mol. The van der Waals surface area contributed by atoms with E-state index in [9.17, 15) is 4.79 Å². The number of carbonyl (C=O) groups is 1. The van der Waals surface area contributed by atoms with Crippen LogP contribution in [-0.2, 0) is 11.3 Å². The maximum atomic E-state index is 12.8. The first-order valence-corrected chi connectivity index (χ1v) is 10.8. The van der Waals surface area contributed by atoms with Gasteiger partial charge in [0.1, 0.15) is 0 Å². The Morgan fingerprint density at radius 3 is 2.70 bits per heavy atom. The highest BCUT2D eigenvalue weighted by Crippen LogP contribution is 2.31. The third kappa shape index (κ3) is 4.54. The molecule has 1 aliphatic carbocycles.